The summed E-state index contributed by atoms with van der Waals surface area (Å²) in [7, 11) is 1.64. The fraction of sp³-hybridized carbons (Fsp3) is 0.458. The second-order valence-electron chi connectivity index (χ2n) is 8.34. The van der Waals surface area contributed by atoms with Gasteiger partial charge in [0.05, 0.1) is 13.5 Å². The van der Waals surface area contributed by atoms with E-state index in [1.165, 1.54) is 0 Å². The largest absolute Gasteiger partial charge is 0.497 e. The minimum Gasteiger partial charge on any atom is -0.497 e. The molecule has 0 unspecified atom stereocenters. The number of likely N-dealkylation sites (tertiary alicyclic amines) is 2. The molecule has 2 aliphatic heterocycles. The van der Waals surface area contributed by atoms with Crippen LogP contribution < -0.4 is 4.74 Å². The molecule has 0 bridgehead atoms. The molecule has 30 heavy (non-hydrogen) atoms. The Labute approximate surface area is 177 Å². The zero-order chi connectivity index (χ0) is 20.9. The molecule has 1 aromatic heterocycles. The third kappa shape index (κ3) is 4.81. The van der Waals surface area contributed by atoms with Crippen LogP contribution in [0.3, 0.4) is 0 Å². The van der Waals surface area contributed by atoms with Crippen molar-refractivity contribution in [2.75, 3.05) is 26.7 Å². The molecule has 2 amide bonds. The van der Waals surface area contributed by atoms with E-state index in [0.29, 0.717) is 31.2 Å². The van der Waals surface area contributed by atoms with E-state index in [9.17, 15) is 9.59 Å². The van der Waals surface area contributed by atoms with Crippen molar-refractivity contribution in [3.63, 3.8) is 0 Å². The molecule has 1 aromatic carbocycles. The number of carbonyl (C=O) groups is 2. The lowest BCUT2D eigenvalue weighted by Crippen LogP contribution is -2.44. The molecule has 158 valence electrons. The van der Waals surface area contributed by atoms with E-state index in [1.54, 1.807) is 13.3 Å². The SMILES string of the molecule is COc1ccc(CC(=O)N2CC[C@H]3CC(=O)N(Cc4cccnc4)CC[C@H]3C2)cc1. The Kier molecular flexibility index (Phi) is 6.31. The van der Waals surface area contributed by atoms with E-state index in [4.69, 9.17) is 4.74 Å². The first kappa shape index (κ1) is 20.4. The summed E-state index contributed by atoms with van der Waals surface area (Å²) in [5.41, 5.74) is 2.06. The van der Waals surface area contributed by atoms with Crippen molar-refractivity contribution in [3.05, 3.63) is 59.9 Å². The van der Waals surface area contributed by atoms with Crippen molar-refractivity contribution in [1.82, 2.24) is 14.8 Å². The van der Waals surface area contributed by atoms with Crippen LogP contribution >= 0.6 is 0 Å². The molecule has 6 heteroatoms. The molecule has 0 spiro atoms. The minimum atomic E-state index is 0.168. The quantitative estimate of drug-likeness (QED) is 0.765. The number of carbonyl (C=O) groups excluding carboxylic acids is 2. The number of pyridine rings is 1. The first-order valence-electron chi connectivity index (χ1n) is 10.7. The fourth-order valence-corrected chi connectivity index (χ4v) is 4.61. The molecule has 2 aliphatic rings. The normalized spacial score (nSPS) is 21.7. The van der Waals surface area contributed by atoms with E-state index < -0.39 is 0 Å². The van der Waals surface area contributed by atoms with E-state index in [0.717, 1.165) is 49.4 Å². The average molecular weight is 408 g/mol. The van der Waals surface area contributed by atoms with Crippen molar-refractivity contribution in [1.29, 1.82) is 0 Å². The Morgan fingerprint density at radius 3 is 2.63 bits per heavy atom. The lowest BCUT2D eigenvalue weighted by Gasteiger charge is -2.37. The standard InChI is InChI=1S/C24H29N3O3/c1-30-22-6-4-18(5-7-22)13-23(28)27-11-8-20-14-24(29)26(12-9-21(20)17-27)16-19-3-2-10-25-15-19/h2-7,10,15,20-21H,8-9,11-14,16-17H2,1H3/t20-,21-/m0/s1. The number of ether oxygens (including phenoxy) is 1. The van der Waals surface area contributed by atoms with E-state index in [2.05, 4.69) is 4.98 Å². The number of fused-ring (bicyclic) bond motifs is 1. The maximum Gasteiger partial charge on any atom is 0.226 e. The van der Waals surface area contributed by atoms with Crippen LogP contribution in [0.25, 0.3) is 0 Å². The highest BCUT2D eigenvalue weighted by Gasteiger charge is 2.36. The Hall–Kier alpha value is -2.89. The van der Waals surface area contributed by atoms with Gasteiger partial charge in [0, 0.05) is 45.0 Å². The second kappa shape index (κ2) is 9.28. The van der Waals surface area contributed by atoms with Crippen molar-refractivity contribution in [2.24, 2.45) is 11.8 Å². The van der Waals surface area contributed by atoms with Crippen molar-refractivity contribution >= 4 is 11.8 Å². The summed E-state index contributed by atoms with van der Waals surface area (Å²) in [6.07, 6.45) is 6.43. The first-order chi connectivity index (χ1) is 14.6. The molecule has 0 N–H and O–H groups in total. The van der Waals surface area contributed by atoms with Gasteiger partial charge in [0.25, 0.3) is 0 Å². The topological polar surface area (TPSA) is 62.7 Å². The number of hydrogen-bond donors (Lipinski definition) is 0. The lowest BCUT2D eigenvalue weighted by molar-refractivity contribution is -0.133. The van der Waals surface area contributed by atoms with E-state index >= 15 is 0 Å². The van der Waals surface area contributed by atoms with E-state index in [-0.39, 0.29) is 11.8 Å². The Balaban J connectivity index is 1.35. The van der Waals surface area contributed by atoms with Gasteiger partial charge in [-0.25, -0.2) is 0 Å². The molecule has 3 heterocycles. The molecule has 2 fully saturated rings. The monoisotopic (exact) mass is 407 g/mol. The third-order valence-corrected chi connectivity index (χ3v) is 6.41. The fourth-order valence-electron chi connectivity index (χ4n) is 4.61. The van der Waals surface area contributed by atoms with Gasteiger partial charge in [0.2, 0.25) is 11.8 Å². The van der Waals surface area contributed by atoms with E-state index in [1.807, 2.05) is 52.4 Å². The average Bonchev–Trinajstić information content (AvgIpc) is 2.93. The van der Waals surface area contributed by atoms with Crippen LogP contribution in [0.15, 0.2) is 48.8 Å². The Morgan fingerprint density at radius 1 is 1.10 bits per heavy atom. The number of nitrogens with zero attached hydrogens (tertiary/aromatic N) is 3. The molecule has 2 aromatic rings. The van der Waals surface area contributed by atoms with Crippen LogP contribution in [-0.4, -0.2) is 53.3 Å². The summed E-state index contributed by atoms with van der Waals surface area (Å²) >= 11 is 0. The first-order valence-corrected chi connectivity index (χ1v) is 10.7. The summed E-state index contributed by atoms with van der Waals surface area (Å²) < 4.78 is 5.19. The molecular weight excluding hydrogens is 378 g/mol. The number of amides is 2. The molecule has 0 aliphatic carbocycles. The molecular formula is C24H29N3O3. The maximum atomic E-state index is 12.9. The molecule has 4 rings (SSSR count). The van der Waals surface area contributed by atoms with Gasteiger partial charge in [0.15, 0.2) is 0 Å². The Morgan fingerprint density at radius 2 is 1.90 bits per heavy atom. The van der Waals surface area contributed by atoms with Crippen LogP contribution in [0.2, 0.25) is 0 Å². The van der Waals surface area contributed by atoms with Crippen LogP contribution in [0, 0.1) is 11.8 Å². The van der Waals surface area contributed by atoms with Crippen molar-refractivity contribution in [2.45, 2.75) is 32.2 Å². The van der Waals surface area contributed by atoms with Crippen molar-refractivity contribution in [3.8, 4) is 5.75 Å². The number of hydrogen-bond acceptors (Lipinski definition) is 4. The zero-order valence-corrected chi connectivity index (χ0v) is 17.5. The number of rotatable bonds is 5. The molecule has 2 atom stereocenters. The van der Waals surface area contributed by atoms with Gasteiger partial charge in [-0.3, -0.25) is 14.6 Å². The van der Waals surface area contributed by atoms with Gasteiger partial charge in [-0.15, -0.1) is 0 Å². The Bertz CT molecular complexity index is 869. The maximum absolute atomic E-state index is 12.9. The number of methoxy groups -OCH3 is 1. The van der Waals surface area contributed by atoms with Crippen LogP contribution in [0.1, 0.15) is 30.4 Å². The predicted octanol–water partition coefficient (Wildman–Crippen LogP) is 2.92. The smallest absolute Gasteiger partial charge is 0.226 e. The van der Waals surface area contributed by atoms with Gasteiger partial charge < -0.3 is 14.5 Å². The summed E-state index contributed by atoms with van der Waals surface area (Å²) in [6, 6.07) is 11.6. The van der Waals surface area contributed by atoms with Gasteiger partial charge in [0.1, 0.15) is 5.75 Å². The van der Waals surface area contributed by atoms with Crippen LogP contribution in [0.4, 0.5) is 0 Å². The third-order valence-electron chi connectivity index (χ3n) is 6.41. The number of piperidine rings is 1. The van der Waals surface area contributed by atoms with Crippen LogP contribution in [0.5, 0.6) is 5.75 Å². The molecule has 2 saturated heterocycles. The van der Waals surface area contributed by atoms with Gasteiger partial charge in [-0.2, -0.15) is 0 Å². The highest BCUT2D eigenvalue weighted by Crippen LogP contribution is 2.33. The van der Waals surface area contributed by atoms with Crippen molar-refractivity contribution < 1.29 is 14.3 Å². The minimum absolute atomic E-state index is 0.168. The highest BCUT2D eigenvalue weighted by molar-refractivity contribution is 5.79. The molecule has 0 radical (unpaired) electrons. The predicted molar refractivity (Wildman–Crippen MR) is 114 cm³/mol. The van der Waals surface area contributed by atoms with Gasteiger partial charge in [-0.05, 0) is 54.0 Å². The summed E-state index contributed by atoms with van der Waals surface area (Å²) in [5, 5.41) is 0. The number of benzene rings is 1. The van der Waals surface area contributed by atoms with Crippen LogP contribution in [-0.2, 0) is 22.6 Å². The van der Waals surface area contributed by atoms with Gasteiger partial charge in [-0.1, -0.05) is 18.2 Å². The highest BCUT2D eigenvalue weighted by atomic mass is 16.5. The summed E-state index contributed by atoms with van der Waals surface area (Å²) in [4.78, 5) is 33.8. The van der Waals surface area contributed by atoms with Gasteiger partial charge >= 0.3 is 0 Å². The zero-order valence-electron chi connectivity index (χ0n) is 17.5. The summed E-state index contributed by atoms with van der Waals surface area (Å²) in [5.74, 6) is 1.96. The lowest BCUT2D eigenvalue weighted by atomic mass is 9.82. The second-order valence-corrected chi connectivity index (χ2v) is 8.34. The summed E-state index contributed by atoms with van der Waals surface area (Å²) in [6.45, 7) is 2.86. The molecule has 0 saturated carbocycles. The molecule has 6 nitrogen and oxygen atoms in total. The number of aromatic nitrogens is 1.